The summed E-state index contributed by atoms with van der Waals surface area (Å²) in [6.45, 7) is 0. The molecule has 0 aliphatic heterocycles. The first-order chi connectivity index (χ1) is 10.3. The van der Waals surface area contributed by atoms with Gasteiger partial charge in [-0.25, -0.2) is 0 Å². The van der Waals surface area contributed by atoms with Crippen molar-refractivity contribution in [3.63, 3.8) is 0 Å². The number of Topliss-reactive ketones (excluding diaryl/α,β-unsaturated/α-hetero) is 1. The molecule has 0 saturated heterocycles. The highest BCUT2D eigenvalue weighted by atomic mass is 16.1. The Morgan fingerprint density at radius 3 is 2.19 bits per heavy atom. The van der Waals surface area contributed by atoms with E-state index in [1.54, 1.807) is 0 Å². The molecule has 1 atom stereocenters. The predicted molar refractivity (Wildman–Crippen MR) is 87.4 cm³/mol. The molecule has 0 bridgehead atoms. The third kappa shape index (κ3) is 3.75. The second-order valence-corrected chi connectivity index (χ2v) is 7.12. The number of carbonyl (C=O) groups excluding carboxylic acids is 1. The maximum atomic E-state index is 13.0. The van der Waals surface area contributed by atoms with Crippen molar-refractivity contribution in [2.45, 2.75) is 64.2 Å². The van der Waals surface area contributed by atoms with Gasteiger partial charge in [0.25, 0.3) is 0 Å². The molecule has 0 radical (unpaired) electrons. The lowest BCUT2D eigenvalue weighted by Gasteiger charge is -2.29. The Morgan fingerprint density at radius 2 is 1.52 bits per heavy atom. The Morgan fingerprint density at radius 1 is 0.905 bits per heavy atom. The second-order valence-electron chi connectivity index (χ2n) is 7.12. The predicted octanol–water partition coefficient (Wildman–Crippen LogP) is 5.65. The van der Waals surface area contributed by atoms with Crippen LogP contribution in [-0.2, 0) is 0 Å². The Bertz CT molecular complexity index is 438. The monoisotopic (exact) mass is 284 g/mol. The fourth-order valence-corrected chi connectivity index (χ4v) is 4.47. The van der Waals surface area contributed by atoms with Crippen LogP contribution in [0.15, 0.2) is 30.3 Å². The van der Waals surface area contributed by atoms with Crippen molar-refractivity contribution < 1.29 is 4.79 Å². The van der Waals surface area contributed by atoms with Crippen molar-refractivity contribution in [3.8, 4) is 0 Å². The highest BCUT2D eigenvalue weighted by Gasteiger charge is 2.33. The molecular formula is C20H28O. The lowest BCUT2D eigenvalue weighted by molar-refractivity contribution is 0.0832. The van der Waals surface area contributed by atoms with Crippen LogP contribution in [0.1, 0.15) is 74.6 Å². The van der Waals surface area contributed by atoms with Crippen molar-refractivity contribution in [2.75, 3.05) is 0 Å². The van der Waals surface area contributed by atoms with Crippen LogP contribution in [-0.4, -0.2) is 5.78 Å². The molecule has 0 spiro atoms. The Balaban J connectivity index is 1.73. The molecule has 0 heterocycles. The van der Waals surface area contributed by atoms with Gasteiger partial charge in [-0.3, -0.25) is 4.79 Å². The van der Waals surface area contributed by atoms with Gasteiger partial charge < -0.3 is 0 Å². The summed E-state index contributed by atoms with van der Waals surface area (Å²) in [5.41, 5.74) is 0.935. The van der Waals surface area contributed by atoms with Crippen molar-refractivity contribution in [3.05, 3.63) is 35.9 Å². The van der Waals surface area contributed by atoms with Gasteiger partial charge in [0.1, 0.15) is 0 Å². The molecule has 2 saturated carbocycles. The van der Waals surface area contributed by atoms with Crippen LogP contribution < -0.4 is 0 Å². The number of ketones is 1. The molecule has 1 nitrogen and oxygen atoms in total. The molecule has 2 aliphatic carbocycles. The maximum Gasteiger partial charge on any atom is 0.166 e. The van der Waals surface area contributed by atoms with Crippen molar-refractivity contribution in [1.82, 2.24) is 0 Å². The Labute approximate surface area is 129 Å². The summed E-state index contributed by atoms with van der Waals surface area (Å²) in [5.74, 6) is 2.17. The highest BCUT2D eigenvalue weighted by molar-refractivity contribution is 5.98. The van der Waals surface area contributed by atoms with Gasteiger partial charge >= 0.3 is 0 Å². The highest BCUT2D eigenvalue weighted by Crippen LogP contribution is 2.39. The lowest BCUT2D eigenvalue weighted by Crippen LogP contribution is -2.26. The zero-order valence-corrected chi connectivity index (χ0v) is 13.1. The first-order valence-corrected chi connectivity index (χ1v) is 8.94. The average molecular weight is 284 g/mol. The van der Waals surface area contributed by atoms with E-state index in [0.717, 1.165) is 17.9 Å². The fourth-order valence-electron chi connectivity index (χ4n) is 4.47. The average Bonchev–Trinajstić information content (AvgIpc) is 3.08. The second kappa shape index (κ2) is 7.24. The van der Waals surface area contributed by atoms with E-state index < -0.39 is 0 Å². The first-order valence-electron chi connectivity index (χ1n) is 8.94. The van der Waals surface area contributed by atoms with E-state index in [2.05, 4.69) is 0 Å². The van der Waals surface area contributed by atoms with Crippen LogP contribution >= 0.6 is 0 Å². The van der Waals surface area contributed by atoms with E-state index in [-0.39, 0.29) is 5.92 Å². The Hall–Kier alpha value is -1.11. The molecule has 0 amide bonds. The standard InChI is InChI=1S/C20H28O/c21-20(18-13-5-2-6-14-18)19(17-11-7-8-12-17)15-16-9-3-1-4-10-16/h2,5-6,13-14,16-17,19H,1,3-4,7-12,15H2. The molecule has 0 aromatic heterocycles. The molecule has 2 aliphatic rings. The number of rotatable bonds is 5. The summed E-state index contributed by atoms with van der Waals surface area (Å²) in [6, 6.07) is 10.0. The summed E-state index contributed by atoms with van der Waals surface area (Å²) in [6.07, 6.45) is 13.2. The molecule has 21 heavy (non-hydrogen) atoms. The van der Waals surface area contributed by atoms with Gasteiger partial charge in [0.05, 0.1) is 0 Å². The topological polar surface area (TPSA) is 17.1 Å². The normalized spacial score (nSPS) is 22.3. The molecule has 3 rings (SSSR count). The van der Waals surface area contributed by atoms with Gasteiger partial charge in [0.15, 0.2) is 5.78 Å². The molecule has 1 aromatic carbocycles. The van der Waals surface area contributed by atoms with E-state index in [1.165, 1.54) is 57.8 Å². The number of hydrogen-bond acceptors (Lipinski definition) is 1. The van der Waals surface area contributed by atoms with Crippen LogP contribution in [0.25, 0.3) is 0 Å². The van der Waals surface area contributed by atoms with E-state index in [0.29, 0.717) is 11.7 Å². The van der Waals surface area contributed by atoms with Gasteiger partial charge in [-0.05, 0) is 31.1 Å². The van der Waals surface area contributed by atoms with Crippen LogP contribution in [0.2, 0.25) is 0 Å². The minimum absolute atomic E-state index is 0.290. The largest absolute Gasteiger partial charge is 0.294 e. The quantitative estimate of drug-likeness (QED) is 0.639. The zero-order chi connectivity index (χ0) is 14.5. The van der Waals surface area contributed by atoms with Crippen molar-refractivity contribution >= 4 is 5.78 Å². The van der Waals surface area contributed by atoms with Gasteiger partial charge in [0, 0.05) is 11.5 Å². The minimum Gasteiger partial charge on any atom is -0.294 e. The van der Waals surface area contributed by atoms with E-state index in [9.17, 15) is 4.79 Å². The molecule has 2 fully saturated rings. The van der Waals surface area contributed by atoms with Crippen LogP contribution in [0.4, 0.5) is 0 Å². The van der Waals surface area contributed by atoms with E-state index >= 15 is 0 Å². The molecular weight excluding hydrogens is 256 g/mol. The number of carbonyl (C=O) groups is 1. The molecule has 1 unspecified atom stereocenters. The SMILES string of the molecule is O=C(c1ccccc1)C(CC1CCCCC1)C1CCCC1. The van der Waals surface area contributed by atoms with Crippen LogP contribution in [0.3, 0.4) is 0 Å². The van der Waals surface area contributed by atoms with Crippen LogP contribution in [0, 0.1) is 17.8 Å². The first kappa shape index (κ1) is 14.8. The van der Waals surface area contributed by atoms with E-state index in [1.807, 2.05) is 30.3 Å². The maximum absolute atomic E-state index is 13.0. The minimum atomic E-state index is 0.290. The third-order valence-electron chi connectivity index (χ3n) is 5.68. The summed E-state index contributed by atoms with van der Waals surface area (Å²) in [5, 5.41) is 0. The summed E-state index contributed by atoms with van der Waals surface area (Å²) in [4.78, 5) is 13.0. The number of hydrogen-bond donors (Lipinski definition) is 0. The van der Waals surface area contributed by atoms with Gasteiger partial charge in [-0.1, -0.05) is 75.3 Å². The Kier molecular flexibility index (Phi) is 5.11. The van der Waals surface area contributed by atoms with E-state index in [4.69, 9.17) is 0 Å². The van der Waals surface area contributed by atoms with Crippen molar-refractivity contribution in [1.29, 1.82) is 0 Å². The summed E-state index contributed by atoms with van der Waals surface area (Å²) in [7, 11) is 0. The zero-order valence-electron chi connectivity index (χ0n) is 13.1. The van der Waals surface area contributed by atoms with Crippen molar-refractivity contribution in [2.24, 2.45) is 17.8 Å². The van der Waals surface area contributed by atoms with Crippen LogP contribution in [0.5, 0.6) is 0 Å². The molecule has 1 aromatic rings. The summed E-state index contributed by atoms with van der Waals surface area (Å²) < 4.78 is 0. The van der Waals surface area contributed by atoms with Gasteiger partial charge in [0.2, 0.25) is 0 Å². The molecule has 114 valence electrons. The third-order valence-corrected chi connectivity index (χ3v) is 5.68. The molecule has 0 N–H and O–H groups in total. The lowest BCUT2D eigenvalue weighted by atomic mass is 9.75. The van der Waals surface area contributed by atoms with Gasteiger partial charge in [-0.15, -0.1) is 0 Å². The number of benzene rings is 1. The molecule has 1 heteroatoms. The fraction of sp³-hybridized carbons (Fsp3) is 0.650. The summed E-state index contributed by atoms with van der Waals surface area (Å²) >= 11 is 0. The smallest absolute Gasteiger partial charge is 0.166 e. The van der Waals surface area contributed by atoms with Gasteiger partial charge in [-0.2, -0.15) is 0 Å².